The molecule has 0 heterocycles. The van der Waals surface area contributed by atoms with E-state index in [-0.39, 0.29) is 53.9 Å². The first kappa shape index (κ1) is 55.5. The van der Waals surface area contributed by atoms with Crippen LogP contribution >= 0.6 is 0 Å². The molecule has 1 rings (SSSR count). The number of hydrogen-bond donors (Lipinski definition) is 0. The van der Waals surface area contributed by atoms with Gasteiger partial charge in [0, 0.05) is 0 Å². The number of allylic oxidation sites excluding steroid dienone is 2. The van der Waals surface area contributed by atoms with Crippen molar-refractivity contribution in [3.8, 4) is 0 Å². The SMILES string of the molecule is C=CCCCCCCCCCCCCCCCCCCOC(=O)c1ccc(S(=O)(=O)[O-])cc1C(=O)OCCCCCCCCCCCCCCCCCCC=C.[Na+]. The molecule has 0 N–H and O–H groups in total. The summed E-state index contributed by atoms with van der Waals surface area (Å²) in [5.74, 6) is -1.54. The number of carbonyl (C=O) groups excluding carboxylic acids is 2. The smallest absolute Gasteiger partial charge is 0.744 e. The first-order valence-corrected chi connectivity index (χ1v) is 24.4. The summed E-state index contributed by atoms with van der Waals surface area (Å²) in [6, 6.07) is 3.14. The fraction of sp³-hybridized carbons (Fsp3) is 0.750. The minimum atomic E-state index is -4.82. The Labute approximate surface area is 372 Å². The largest absolute Gasteiger partial charge is 1.00 e. The maximum atomic E-state index is 12.9. The van der Waals surface area contributed by atoms with E-state index in [1.54, 1.807) is 0 Å². The van der Waals surface area contributed by atoms with Crippen molar-refractivity contribution in [2.45, 2.75) is 223 Å². The average molecular weight is 825 g/mol. The van der Waals surface area contributed by atoms with Gasteiger partial charge in [-0.25, -0.2) is 18.0 Å². The molecule has 322 valence electrons. The van der Waals surface area contributed by atoms with Crippen molar-refractivity contribution >= 4 is 22.1 Å². The molecular formula is C48H81NaO7S. The molecule has 0 spiro atoms. The number of hydrogen-bond acceptors (Lipinski definition) is 7. The van der Waals surface area contributed by atoms with E-state index in [4.69, 9.17) is 9.47 Å². The fourth-order valence-corrected chi connectivity index (χ4v) is 7.74. The molecule has 57 heavy (non-hydrogen) atoms. The van der Waals surface area contributed by atoms with Crippen molar-refractivity contribution < 1.29 is 61.6 Å². The van der Waals surface area contributed by atoms with Crippen molar-refractivity contribution in [2.24, 2.45) is 0 Å². The molecule has 0 aliphatic rings. The standard InChI is InChI=1S/C48H82O7S.Na/c1-3-5-7-9-11-13-15-17-19-21-23-25-27-29-31-33-35-37-41-54-47(49)45-40-39-44(56(51,52)53)43-46(45)48(50)55-42-38-36-34-32-30-28-26-24-22-20-18-16-14-12-10-8-6-4-2;/h3-4,39-40,43H,1-2,5-38,41-42H2,(H,51,52,53);/q;+1/p-1. The van der Waals surface area contributed by atoms with Crippen molar-refractivity contribution in [1.82, 2.24) is 0 Å². The predicted octanol–water partition coefficient (Wildman–Crippen LogP) is 11.5. The second kappa shape index (κ2) is 40.0. The van der Waals surface area contributed by atoms with Crippen molar-refractivity contribution in [2.75, 3.05) is 13.2 Å². The zero-order valence-corrected chi connectivity index (χ0v) is 39.3. The average Bonchev–Trinajstić information content (AvgIpc) is 3.18. The molecule has 0 bridgehead atoms. The molecule has 0 atom stereocenters. The van der Waals surface area contributed by atoms with Crippen LogP contribution in [0.15, 0.2) is 48.4 Å². The molecule has 1 aromatic rings. The molecule has 9 heteroatoms. The predicted molar refractivity (Wildman–Crippen MR) is 232 cm³/mol. The van der Waals surface area contributed by atoms with Crippen LogP contribution in [0.2, 0.25) is 0 Å². The van der Waals surface area contributed by atoms with Gasteiger partial charge >= 0.3 is 41.5 Å². The zero-order chi connectivity index (χ0) is 40.8. The van der Waals surface area contributed by atoms with Crippen molar-refractivity contribution in [3.63, 3.8) is 0 Å². The molecular weight excluding hydrogens is 744 g/mol. The van der Waals surface area contributed by atoms with Crippen LogP contribution in [0.5, 0.6) is 0 Å². The Morgan fingerprint density at radius 1 is 0.456 bits per heavy atom. The molecule has 0 radical (unpaired) electrons. The topological polar surface area (TPSA) is 110 Å². The van der Waals surface area contributed by atoms with Crippen LogP contribution in [0, 0.1) is 0 Å². The second-order valence-electron chi connectivity index (χ2n) is 15.9. The van der Waals surface area contributed by atoms with Gasteiger partial charge in [-0.3, -0.25) is 0 Å². The van der Waals surface area contributed by atoms with Gasteiger partial charge in [0.15, 0.2) is 0 Å². The third kappa shape index (κ3) is 33.0. The van der Waals surface area contributed by atoms with Gasteiger partial charge in [-0.1, -0.05) is 192 Å². The molecule has 7 nitrogen and oxygen atoms in total. The Hall–Kier alpha value is -1.45. The fourth-order valence-electron chi connectivity index (χ4n) is 7.24. The Morgan fingerprint density at radius 3 is 1.00 bits per heavy atom. The maximum Gasteiger partial charge on any atom is 1.00 e. The summed E-state index contributed by atoms with van der Waals surface area (Å²) in [5, 5.41) is 0. The number of unbranched alkanes of at least 4 members (excludes halogenated alkanes) is 32. The van der Waals surface area contributed by atoms with E-state index < -0.39 is 27.0 Å². The second-order valence-corrected chi connectivity index (χ2v) is 17.3. The Kier molecular flexibility index (Phi) is 39.0. The van der Waals surface area contributed by atoms with Crippen molar-refractivity contribution in [1.29, 1.82) is 0 Å². The van der Waals surface area contributed by atoms with E-state index in [2.05, 4.69) is 13.2 Å². The summed E-state index contributed by atoms with van der Waals surface area (Å²) < 4.78 is 45.8. The normalized spacial score (nSPS) is 11.2. The van der Waals surface area contributed by atoms with Gasteiger partial charge in [0.05, 0.1) is 29.2 Å². The van der Waals surface area contributed by atoms with E-state index in [0.29, 0.717) is 12.8 Å². The van der Waals surface area contributed by atoms with Crippen LogP contribution in [-0.4, -0.2) is 38.1 Å². The van der Waals surface area contributed by atoms with E-state index in [1.807, 2.05) is 12.2 Å². The summed E-state index contributed by atoms with van der Waals surface area (Å²) in [6.07, 6.45) is 45.8. The summed E-state index contributed by atoms with van der Waals surface area (Å²) in [4.78, 5) is 25.3. The third-order valence-electron chi connectivity index (χ3n) is 10.8. The number of benzene rings is 1. The van der Waals surface area contributed by atoms with Crippen LogP contribution in [0.3, 0.4) is 0 Å². The van der Waals surface area contributed by atoms with Gasteiger partial charge in [0.2, 0.25) is 0 Å². The summed E-state index contributed by atoms with van der Waals surface area (Å²) in [7, 11) is -4.82. The number of rotatable bonds is 41. The van der Waals surface area contributed by atoms with Crippen LogP contribution in [0.1, 0.15) is 239 Å². The molecule has 0 aromatic heterocycles. The zero-order valence-electron chi connectivity index (χ0n) is 36.5. The third-order valence-corrected chi connectivity index (χ3v) is 11.6. The molecule has 0 aliphatic heterocycles. The summed E-state index contributed by atoms with van der Waals surface area (Å²) in [6.45, 7) is 7.93. The molecule has 0 amide bonds. The van der Waals surface area contributed by atoms with E-state index in [9.17, 15) is 22.6 Å². The van der Waals surface area contributed by atoms with Gasteiger partial charge in [-0.2, -0.15) is 0 Å². The number of esters is 2. The van der Waals surface area contributed by atoms with Gasteiger partial charge in [-0.15, -0.1) is 13.2 Å². The van der Waals surface area contributed by atoms with Crippen LogP contribution in [-0.2, 0) is 19.6 Å². The van der Waals surface area contributed by atoms with Crippen LogP contribution in [0.4, 0.5) is 0 Å². The van der Waals surface area contributed by atoms with Crippen LogP contribution in [0.25, 0.3) is 0 Å². The van der Waals surface area contributed by atoms with E-state index in [0.717, 1.165) is 57.1 Å². The molecule has 1 aromatic carbocycles. The van der Waals surface area contributed by atoms with Gasteiger partial charge in [0.25, 0.3) is 0 Å². The van der Waals surface area contributed by atoms with Gasteiger partial charge in [-0.05, 0) is 56.7 Å². The Bertz CT molecular complexity index is 1250. The molecule has 0 unspecified atom stereocenters. The molecule has 0 fully saturated rings. The van der Waals surface area contributed by atoms with Gasteiger partial charge in [0.1, 0.15) is 10.1 Å². The quantitative estimate of drug-likeness (QED) is 0.0213. The van der Waals surface area contributed by atoms with Gasteiger partial charge < -0.3 is 14.0 Å². The Balaban J connectivity index is 0.0000314. The first-order chi connectivity index (χ1) is 27.3. The van der Waals surface area contributed by atoms with Crippen molar-refractivity contribution in [3.05, 3.63) is 54.6 Å². The number of carbonyl (C=O) groups is 2. The minimum absolute atomic E-state index is 0. The van der Waals surface area contributed by atoms with E-state index in [1.165, 1.54) is 167 Å². The summed E-state index contributed by atoms with van der Waals surface area (Å²) >= 11 is 0. The Morgan fingerprint density at radius 2 is 0.719 bits per heavy atom. The van der Waals surface area contributed by atoms with Crippen LogP contribution < -0.4 is 29.6 Å². The number of ether oxygens (including phenoxy) is 2. The maximum absolute atomic E-state index is 12.9. The minimum Gasteiger partial charge on any atom is -0.744 e. The molecule has 0 aliphatic carbocycles. The molecule has 0 saturated carbocycles. The first-order valence-electron chi connectivity index (χ1n) is 23.0. The molecule has 0 saturated heterocycles. The van der Waals surface area contributed by atoms with E-state index >= 15 is 0 Å². The summed E-state index contributed by atoms with van der Waals surface area (Å²) in [5.41, 5.74) is -0.336. The monoisotopic (exact) mass is 825 g/mol.